The summed E-state index contributed by atoms with van der Waals surface area (Å²) in [5.74, 6) is 1.89. The van der Waals surface area contributed by atoms with Crippen LogP contribution < -0.4 is 4.74 Å². The van der Waals surface area contributed by atoms with E-state index in [4.69, 9.17) is 26.1 Å². The first-order chi connectivity index (χ1) is 20.0. The first-order valence-corrected chi connectivity index (χ1v) is 14.7. The summed E-state index contributed by atoms with van der Waals surface area (Å²) in [4.78, 5) is 18.4. The van der Waals surface area contributed by atoms with Gasteiger partial charge in [0.1, 0.15) is 23.1 Å². The number of Topliss-reactive ketones (excluding diaryl/α,β-unsaturated/α-hetero) is 1. The Labute approximate surface area is 248 Å². The van der Waals surface area contributed by atoms with Crippen LogP contribution >= 0.6 is 23.6 Å². The molecule has 5 rings (SSSR count). The number of nitrogens with zero attached hydrogens (tertiary/aromatic N) is 1. The number of rotatable bonds is 14. The van der Waals surface area contributed by atoms with Crippen LogP contribution in [0, 0.1) is 5.82 Å². The van der Waals surface area contributed by atoms with E-state index in [9.17, 15) is 4.79 Å². The number of halogens is 1. The van der Waals surface area contributed by atoms with Crippen molar-refractivity contribution < 1.29 is 23.1 Å². The maximum absolute atomic E-state index is 15.1. The van der Waals surface area contributed by atoms with Crippen molar-refractivity contribution in [1.29, 1.82) is 0 Å². The summed E-state index contributed by atoms with van der Waals surface area (Å²) in [6.07, 6.45) is 5.35. The van der Waals surface area contributed by atoms with Crippen molar-refractivity contribution in [3.8, 4) is 22.1 Å². The van der Waals surface area contributed by atoms with Gasteiger partial charge in [-0.15, -0.1) is 11.3 Å². The zero-order valence-electron chi connectivity index (χ0n) is 22.7. The molecule has 41 heavy (non-hydrogen) atoms. The molecule has 0 fully saturated rings. The highest BCUT2D eigenvalue weighted by molar-refractivity contribution is 7.80. The van der Waals surface area contributed by atoms with Crippen LogP contribution in [-0.2, 0) is 28.8 Å². The second kappa shape index (κ2) is 13.8. The molecule has 5 nitrogen and oxygen atoms in total. The molecule has 0 bridgehead atoms. The number of carbonyl (C=O) groups excluding carboxylic acids is 1. The van der Waals surface area contributed by atoms with Crippen molar-refractivity contribution in [1.82, 2.24) is 4.98 Å². The molecule has 0 N–H and O–H groups in total. The van der Waals surface area contributed by atoms with Gasteiger partial charge in [-0.1, -0.05) is 48.6 Å². The van der Waals surface area contributed by atoms with Crippen molar-refractivity contribution >= 4 is 44.4 Å². The zero-order chi connectivity index (χ0) is 28.6. The van der Waals surface area contributed by atoms with E-state index < -0.39 is 5.82 Å². The molecule has 0 saturated carbocycles. The first-order valence-electron chi connectivity index (χ1n) is 13.5. The highest BCUT2D eigenvalue weighted by Crippen LogP contribution is 2.40. The highest BCUT2D eigenvalue weighted by Gasteiger charge is 2.16. The van der Waals surface area contributed by atoms with E-state index in [-0.39, 0.29) is 18.0 Å². The van der Waals surface area contributed by atoms with Crippen LogP contribution in [0.2, 0.25) is 0 Å². The number of pyridine rings is 1. The fourth-order valence-corrected chi connectivity index (χ4v) is 5.91. The van der Waals surface area contributed by atoms with E-state index in [0.717, 1.165) is 58.0 Å². The van der Waals surface area contributed by atoms with Crippen molar-refractivity contribution in [3.63, 3.8) is 0 Å². The van der Waals surface area contributed by atoms with E-state index >= 15 is 4.39 Å². The lowest BCUT2D eigenvalue weighted by atomic mass is 10.0. The first kappa shape index (κ1) is 28.8. The average molecular weight is 588 g/mol. The minimum absolute atomic E-state index is 0.0477. The van der Waals surface area contributed by atoms with Crippen molar-refractivity contribution in [2.24, 2.45) is 0 Å². The van der Waals surface area contributed by atoms with Crippen LogP contribution in [0.5, 0.6) is 11.5 Å². The molecule has 8 heteroatoms. The molecule has 0 unspecified atom stereocenters. The predicted molar refractivity (Wildman–Crippen MR) is 165 cm³/mol. The lowest BCUT2D eigenvalue weighted by Crippen LogP contribution is -2.11. The molecule has 0 amide bonds. The quantitative estimate of drug-likeness (QED) is 0.0958. The summed E-state index contributed by atoms with van der Waals surface area (Å²) < 4.78 is 33.1. The van der Waals surface area contributed by atoms with E-state index in [1.807, 2.05) is 48.5 Å². The van der Waals surface area contributed by atoms with Crippen LogP contribution in [0.4, 0.5) is 4.39 Å². The number of fused-ring (bicyclic) bond motifs is 1. The van der Waals surface area contributed by atoms with Crippen LogP contribution in [0.15, 0.2) is 83.4 Å². The molecule has 0 atom stereocenters. The Kier molecular flexibility index (Phi) is 9.67. The van der Waals surface area contributed by atoms with Gasteiger partial charge in [-0.05, 0) is 54.3 Å². The third-order valence-electron chi connectivity index (χ3n) is 6.56. The van der Waals surface area contributed by atoms with Crippen molar-refractivity contribution in [2.45, 2.75) is 38.5 Å². The third kappa shape index (κ3) is 7.73. The minimum Gasteiger partial charge on any atom is -0.460 e. The second-order valence-electron chi connectivity index (χ2n) is 9.81. The fraction of sp³-hybridized carbons (Fsp3) is 0.242. The zero-order valence-corrected chi connectivity index (χ0v) is 24.4. The van der Waals surface area contributed by atoms with Crippen LogP contribution in [0.25, 0.3) is 20.9 Å². The minimum atomic E-state index is -0.494. The van der Waals surface area contributed by atoms with E-state index in [1.54, 1.807) is 31.5 Å². The van der Waals surface area contributed by atoms with Crippen LogP contribution in [-0.4, -0.2) is 29.3 Å². The van der Waals surface area contributed by atoms with Gasteiger partial charge in [0.25, 0.3) is 0 Å². The molecule has 5 aromatic rings. The Morgan fingerprint density at radius 1 is 0.976 bits per heavy atom. The molecule has 210 valence electrons. The molecule has 3 heterocycles. The van der Waals surface area contributed by atoms with Crippen molar-refractivity contribution in [3.05, 3.63) is 102 Å². The van der Waals surface area contributed by atoms with Crippen molar-refractivity contribution in [2.75, 3.05) is 13.7 Å². The highest BCUT2D eigenvalue weighted by atomic mass is 32.1. The Morgan fingerprint density at radius 2 is 1.83 bits per heavy atom. The maximum atomic E-state index is 15.1. The van der Waals surface area contributed by atoms with Gasteiger partial charge >= 0.3 is 0 Å². The van der Waals surface area contributed by atoms with Gasteiger partial charge in [-0.2, -0.15) is 0 Å². The summed E-state index contributed by atoms with van der Waals surface area (Å²) in [6.45, 7) is 0.741. The Bertz CT molecular complexity index is 1640. The van der Waals surface area contributed by atoms with Gasteiger partial charge in [-0.3, -0.25) is 9.78 Å². The predicted octanol–water partition coefficient (Wildman–Crippen LogP) is 8.57. The lowest BCUT2D eigenvalue weighted by molar-refractivity contribution is -0.117. The van der Waals surface area contributed by atoms with Gasteiger partial charge in [0, 0.05) is 56.5 Å². The van der Waals surface area contributed by atoms with E-state index in [1.165, 1.54) is 17.4 Å². The number of ketones is 1. The molecular weight excluding hydrogens is 557 g/mol. The normalized spacial score (nSPS) is 11.2. The number of thiophene rings is 1. The molecular formula is C33H30FNO4S2. The molecule has 2 aromatic carbocycles. The summed E-state index contributed by atoms with van der Waals surface area (Å²) in [7, 11) is 1.71. The van der Waals surface area contributed by atoms with Gasteiger partial charge in [0.05, 0.1) is 15.1 Å². The third-order valence-corrected chi connectivity index (χ3v) is 8.00. The number of methoxy groups -OCH3 is 1. The van der Waals surface area contributed by atoms with Gasteiger partial charge < -0.3 is 13.9 Å². The molecule has 0 spiro atoms. The number of thiocarbonyl (C=S) groups is 1. The Morgan fingerprint density at radius 3 is 2.63 bits per heavy atom. The summed E-state index contributed by atoms with van der Waals surface area (Å²) in [5.41, 5.74) is 2.41. The van der Waals surface area contributed by atoms with Crippen LogP contribution in [0.1, 0.15) is 36.1 Å². The smallest absolute Gasteiger partial charge is 0.166 e. The SMILES string of the molecule is COCCCCc1ccc(-c2cc3nccc(Oc4ccc(CC(=S)CC(=O)Cc5ccccc5)cc4F)c3s2)o1. The number of hydrogen-bond donors (Lipinski definition) is 0. The number of unbranched alkanes of at least 4 members (excludes halogenated alkanes) is 1. The maximum Gasteiger partial charge on any atom is 0.166 e. The molecule has 0 aliphatic heterocycles. The molecule has 0 aliphatic carbocycles. The van der Waals surface area contributed by atoms with Gasteiger partial charge in [-0.25, -0.2) is 4.39 Å². The molecule has 0 radical (unpaired) electrons. The number of benzene rings is 2. The number of aromatic nitrogens is 1. The number of hydrogen-bond acceptors (Lipinski definition) is 7. The number of carbonyl (C=O) groups is 1. The fourth-order valence-electron chi connectivity index (χ4n) is 4.56. The monoisotopic (exact) mass is 587 g/mol. The Hall–Kier alpha value is -3.72. The standard InChI is InChI=1S/C33H30FNO4S2/c1-37-16-6-5-9-25-11-13-30(38-25)32-21-28-33(41-32)31(14-15-35-28)39-29-12-10-23(19-27(29)34)18-26(40)20-24(36)17-22-7-3-2-4-8-22/h2-4,7-8,10-15,19,21H,5-6,9,16-18,20H2,1H3. The van der Waals surface area contributed by atoms with E-state index in [2.05, 4.69) is 4.98 Å². The van der Waals surface area contributed by atoms with Crippen LogP contribution in [0.3, 0.4) is 0 Å². The lowest BCUT2D eigenvalue weighted by Gasteiger charge is -2.10. The van der Waals surface area contributed by atoms with E-state index in [0.29, 0.717) is 29.0 Å². The topological polar surface area (TPSA) is 61.6 Å². The number of furan rings is 1. The molecule has 0 saturated heterocycles. The molecule has 0 aliphatic rings. The average Bonchev–Trinajstić information content (AvgIpc) is 3.61. The molecule has 3 aromatic heterocycles. The number of ether oxygens (including phenoxy) is 2. The summed E-state index contributed by atoms with van der Waals surface area (Å²) in [6, 6.07) is 22.0. The summed E-state index contributed by atoms with van der Waals surface area (Å²) >= 11 is 6.94. The summed E-state index contributed by atoms with van der Waals surface area (Å²) in [5, 5.41) is 0. The Balaban J connectivity index is 1.23. The second-order valence-corrected chi connectivity index (χ2v) is 11.4. The number of aryl methyl sites for hydroxylation is 1. The van der Waals surface area contributed by atoms with Gasteiger partial charge in [0.15, 0.2) is 11.6 Å². The van der Waals surface area contributed by atoms with Gasteiger partial charge in [0.2, 0.25) is 0 Å². The largest absolute Gasteiger partial charge is 0.460 e.